The third kappa shape index (κ3) is 2.68. The van der Waals surface area contributed by atoms with Gasteiger partial charge in [-0.05, 0) is 17.2 Å². The summed E-state index contributed by atoms with van der Waals surface area (Å²) in [5, 5.41) is 0. The van der Waals surface area contributed by atoms with Crippen molar-refractivity contribution in [1.82, 2.24) is 14.5 Å². The Morgan fingerprint density at radius 2 is 1.80 bits per heavy atom. The molecule has 4 heteroatoms. The summed E-state index contributed by atoms with van der Waals surface area (Å²) in [5.74, 6) is 1.04. The number of pyridine rings is 1. The highest BCUT2D eigenvalue weighted by Gasteiger charge is 2.34. The molecule has 0 radical (unpaired) electrons. The van der Waals surface area contributed by atoms with Crippen molar-refractivity contribution in [3.8, 4) is 11.4 Å². The average Bonchev–Trinajstić information content (AvgIpc) is 2.96. The van der Waals surface area contributed by atoms with E-state index in [9.17, 15) is 4.79 Å². The van der Waals surface area contributed by atoms with E-state index >= 15 is 0 Å². The molecule has 3 aromatic rings. The smallest absolute Gasteiger partial charge is 0.186 e. The number of nitrogens with zero attached hydrogens (tertiary/aromatic N) is 3. The molecule has 0 unspecified atom stereocenters. The van der Waals surface area contributed by atoms with Gasteiger partial charge in [-0.2, -0.15) is 0 Å². The molecule has 2 heterocycles. The number of carbonyl (C=O) groups excluding carboxylic acids is 1. The van der Waals surface area contributed by atoms with E-state index in [-0.39, 0.29) is 11.2 Å². The Kier molecular flexibility index (Phi) is 3.57. The van der Waals surface area contributed by atoms with Gasteiger partial charge in [0.25, 0.3) is 0 Å². The molecule has 0 N–H and O–H groups in total. The maximum absolute atomic E-state index is 12.9. The van der Waals surface area contributed by atoms with Gasteiger partial charge in [0.1, 0.15) is 17.2 Å². The molecule has 0 saturated carbocycles. The van der Waals surface area contributed by atoms with E-state index in [1.54, 1.807) is 6.20 Å². The van der Waals surface area contributed by atoms with Crippen molar-refractivity contribution in [2.75, 3.05) is 0 Å². The number of ketones is 1. The Labute approximate surface area is 147 Å². The van der Waals surface area contributed by atoms with Gasteiger partial charge in [0, 0.05) is 24.6 Å². The monoisotopic (exact) mass is 331 g/mol. The predicted octanol–water partition coefficient (Wildman–Crippen LogP) is 4.03. The van der Waals surface area contributed by atoms with E-state index in [1.165, 1.54) is 0 Å². The number of Topliss-reactive ketones (excluding diaryl/α,β-unsaturated/α-hetero) is 1. The van der Waals surface area contributed by atoms with Gasteiger partial charge in [0.2, 0.25) is 0 Å². The first-order valence-corrected chi connectivity index (χ1v) is 8.57. The molecule has 1 aliphatic rings. The Bertz CT molecular complexity index is 949. The van der Waals surface area contributed by atoms with Crippen LogP contribution >= 0.6 is 0 Å². The van der Waals surface area contributed by atoms with Crippen LogP contribution in [0.2, 0.25) is 0 Å². The van der Waals surface area contributed by atoms with Gasteiger partial charge in [-0.1, -0.05) is 57.2 Å². The zero-order valence-corrected chi connectivity index (χ0v) is 14.8. The molecule has 4 nitrogen and oxygen atoms in total. The molecule has 0 bridgehead atoms. The second kappa shape index (κ2) is 5.66. The van der Waals surface area contributed by atoms with Gasteiger partial charge < -0.3 is 4.57 Å². The highest BCUT2D eigenvalue weighted by molar-refractivity contribution is 6.04. The highest BCUT2D eigenvalue weighted by atomic mass is 16.1. The summed E-state index contributed by atoms with van der Waals surface area (Å²) in [6.45, 7) is 7.04. The molecule has 0 saturated heterocycles. The SMILES string of the molecule is CC(C)(C)c1nc2c(n1Cc1ccccc1)C(=O)Cc1cccnc1-2. The van der Waals surface area contributed by atoms with Crippen LogP contribution in [0.25, 0.3) is 11.4 Å². The van der Waals surface area contributed by atoms with Gasteiger partial charge in [-0.3, -0.25) is 9.78 Å². The lowest BCUT2D eigenvalue weighted by atomic mass is 9.95. The van der Waals surface area contributed by atoms with Crippen LogP contribution in [0.3, 0.4) is 0 Å². The van der Waals surface area contributed by atoms with Crippen LogP contribution in [0.15, 0.2) is 48.7 Å². The summed E-state index contributed by atoms with van der Waals surface area (Å²) in [6, 6.07) is 14.1. The second-order valence-corrected chi connectivity index (χ2v) is 7.57. The molecule has 25 heavy (non-hydrogen) atoms. The Balaban J connectivity index is 1.95. The third-order valence-corrected chi connectivity index (χ3v) is 4.55. The van der Waals surface area contributed by atoms with Crippen molar-refractivity contribution in [2.24, 2.45) is 0 Å². The molecular weight excluding hydrogens is 310 g/mol. The Morgan fingerprint density at radius 3 is 2.52 bits per heavy atom. The van der Waals surface area contributed by atoms with Crippen LogP contribution in [-0.2, 0) is 18.4 Å². The van der Waals surface area contributed by atoms with Crippen LogP contribution in [0.1, 0.15) is 48.2 Å². The number of fused-ring (bicyclic) bond motifs is 3. The fourth-order valence-electron chi connectivity index (χ4n) is 3.44. The first-order chi connectivity index (χ1) is 11.9. The largest absolute Gasteiger partial charge is 0.320 e. The molecule has 0 aliphatic heterocycles. The molecule has 0 amide bonds. The molecular formula is C21H21N3O. The van der Waals surface area contributed by atoms with Crippen molar-refractivity contribution in [2.45, 2.75) is 39.2 Å². The van der Waals surface area contributed by atoms with Gasteiger partial charge in [-0.25, -0.2) is 4.98 Å². The lowest BCUT2D eigenvalue weighted by Crippen LogP contribution is -2.23. The topological polar surface area (TPSA) is 47.8 Å². The quantitative estimate of drug-likeness (QED) is 0.712. The summed E-state index contributed by atoms with van der Waals surface area (Å²) >= 11 is 0. The Morgan fingerprint density at radius 1 is 1.04 bits per heavy atom. The number of imidazole rings is 1. The predicted molar refractivity (Wildman–Crippen MR) is 97.7 cm³/mol. The lowest BCUT2D eigenvalue weighted by Gasteiger charge is -2.21. The molecule has 4 rings (SSSR count). The normalized spacial score (nSPS) is 13.5. The van der Waals surface area contributed by atoms with E-state index in [1.807, 2.05) is 30.3 Å². The molecule has 0 spiro atoms. The first kappa shape index (κ1) is 15.8. The molecule has 2 aromatic heterocycles. The van der Waals surface area contributed by atoms with E-state index in [0.717, 1.165) is 28.3 Å². The molecule has 126 valence electrons. The van der Waals surface area contributed by atoms with Crippen molar-refractivity contribution in [3.63, 3.8) is 0 Å². The standard InChI is InChI=1S/C21H21N3O/c1-21(2,3)20-23-18-17-15(10-7-11-22-17)12-16(25)19(18)24(20)13-14-8-5-4-6-9-14/h4-11H,12-13H2,1-3H3. The number of rotatable bonds is 2. The summed E-state index contributed by atoms with van der Waals surface area (Å²) < 4.78 is 2.09. The number of hydrogen-bond acceptors (Lipinski definition) is 3. The van der Waals surface area contributed by atoms with Crippen molar-refractivity contribution in [1.29, 1.82) is 0 Å². The minimum Gasteiger partial charge on any atom is -0.320 e. The number of aromatic nitrogens is 3. The lowest BCUT2D eigenvalue weighted by molar-refractivity contribution is 0.0982. The average molecular weight is 331 g/mol. The van der Waals surface area contributed by atoms with Crippen molar-refractivity contribution >= 4 is 5.78 Å². The van der Waals surface area contributed by atoms with Gasteiger partial charge in [0.15, 0.2) is 5.78 Å². The molecule has 1 aromatic carbocycles. The summed E-state index contributed by atoms with van der Waals surface area (Å²) in [6.07, 6.45) is 2.16. The van der Waals surface area contributed by atoms with Crippen LogP contribution in [0, 0.1) is 0 Å². The highest BCUT2D eigenvalue weighted by Crippen LogP contribution is 2.35. The van der Waals surface area contributed by atoms with E-state index in [4.69, 9.17) is 4.98 Å². The second-order valence-electron chi connectivity index (χ2n) is 7.57. The zero-order chi connectivity index (χ0) is 17.6. The Hall–Kier alpha value is -2.75. The van der Waals surface area contributed by atoms with E-state index in [0.29, 0.717) is 18.7 Å². The summed E-state index contributed by atoms with van der Waals surface area (Å²) in [5.41, 5.74) is 4.22. The zero-order valence-electron chi connectivity index (χ0n) is 14.8. The number of carbonyl (C=O) groups is 1. The van der Waals surface area contributed by atoms with Crippen LogP contribution in [-0.4, -0.2) is 20.3 Å². The van der Waals surface area contributed by atoms with Gasteiger partial charge >= 0.3 is 0 Å². The van der Waals surface area contributed by atoms with E-state index in [2.05, 4.69) is 42.5 Å². The summed E-state index contributed by atoms with van der Waals surface area (Å²) in [4.78, 5) is 22.3. The minimum absolute atomic E-state index is 0.120. The fourth-order valence-corrected chi connectivity index (χ4v) is 3.44. The molecule has 0 atom stereocenters. The number of benzene rings is 1. The number of hydrogen-bond donors (Lipinski definition) is 0. The van der Waals surface area contributed by atoms with Crippen LogP contribution < -0.4 is 0 Å². The fraction of sp³-hybridized carbons (Fsp3) is 0.286. The van der Waals surface area contributed by atoms with Crippen molar-refractivity contribution < 1.29 is 4.79 Å². The molecule has 0 fully saturated rings. The first-order valence-electron chi connectivity index (χ1n) is 8.57. The third-order valence-electron chi connectivity index (χ3n) is 4.55. The maximum atomic E-state index is 12.9. The minimum atomic E-state index is -0.165. The maximum Gasteiger partial charge on any atom is 0.186 e. The van der Waals surface area contributed by atoms with Crippen molar-refractivity contribution in [3.05, 3.63) is 71.3 Å². The van der Waals surface area contributed by atoms with Crippen LogP contribution in [0.4, 0.5) is 0 Å². The molecule has 1 aliphatic carbocycles. The van der Waals surface area contributed by atoms with Crippen LogP contribution in [0.5, 0.6) is 0 Å². The van der Waals surface area contributed by atoms with Gasteiger partial charge in [0.05, 0.1) is 5.69 Å². The van der Waals surface area contributed by atoms with Gasteiger partial charge in [-0.15, -0.1) is 0 Å². The summed E-state index contributed by atoms with van der Waals surface area (Å²) in [7, 11) is 0. The van der Waals surface area contributed by atoms with E-state index < -0.39 is 0 Å².